The highest BCUT2D eigenvalue weighted by Gasteiger charge is 2.09. The second kappa shape index (κ2) is 9.67. The van der Waals surface area contributed by atoms with Gasteiger partial charge in [0.1, 0.15) is 11.5 Å². The molecule has 2 aromatic carbocycles. The molecule has 0 aliphatic carbocycles. The molecule has 26 heavy (non-hydrogen) atoms. The van der Waals surface area contributed by atoms with E-state index in [1.54, 1.807) is 57.7 Å². The van der Waals surface area contributed by atoms with Gasteiger partial charge in [0.25, 0.3) is 5.91 Å². The Kier molecular flexibility index (Phi) is 7.28. The molecule has 0 aliphatic heterocycles. The zero-order valence-electron chi connectivity index (χ0n) is 14.6. The number of benzene rings is 2. The van der Waals surface area contributed by atoms with Gasteiger partial charge < -0.3 is 18.9 Å². The number of methoxy groups -OCH3 is 3. The summed E-state index contributed by atoms with van der Waals surface area (Å²) in [5.74, 6) is 2.04. The lowest BCUT2D eigenvalue weighted by atomic mass is 10.2. The Hall–Kier alpha value is -2.74. The molecule has 0 aliphatic rings. The number of halogens is 1. The largest absolute Gasteiger partial charge is 0.497 e. The number of amides is 1. The molecule has 0 unspecified atom stereocenters. The lowest BCUT2D eigenvalue weighted by Gasteiger charge is -2.10. The third-order valence-electron chi connectivity index (χ3n) is 3.29. The van der Waals surface area contributed by atoms with E-state index >= 15 is 0 Å². The van der Waals surface area contributed by atoms with Gasteiger partial charge in [-0.05, 0) is 57.9 Å². The Morgan fingerprint density at radius 3 is 2.38 bits per heavy atom. The maximum absolute atomic E-state index is 11.8. The summed E-state index contributed by atoms with van der Waals surface area (Å²) in [4.78, 5) is 11.8. The summed E-state index contributed by atoms with van der Waals surface area (Å²) in [6.07, 6.45) is 1.50. The van der Waals surface area contributed by atoms with Crippen molar-refractivity contribution in [3.05, 3.63) is 46.4 Å². The number of rotatable bonds is 8. The molecular formula is C18H19BrN2O5. The van der Waals surface area contributed by atoms with Crippen molar-refractivity contribution in [2.24, 2.45) is 5.10 Å². The Labute approximate surface area is 160 Å². The van der Waals surface area contributed by atoms with Gasteiger partial charge >= 0.3 is 0 Å². The van der Waals surface area contributed by atoms with Crippen LogP contribution in [0.2, 0.25) is 0 Å². The van der Waals surface area contributed by atoms with Gasteiger partial charge in [0.05, 0.1) is 32.0 Å². The first kappa shape index (κ1) is 19.6. The van der Waals surface area contributed by atoms with Gasteiger partial charge in [0.2, 0.25) is 0 Å². The van der Waals surface area contributed by atoms with Crippen molar-refractivity contribution in [3.63, 3.8) is 0 Å². The summed E-state index contributed by atoms with van der Waals surface area (Å²) in [7, 11) is 4.68. The van der Waals surface area contributed by atoms with E-state index in [0.717, 1.165) is 10.0 Å². The SMILES string of the molecule is COc1ccc(OCC(=O)NN=Cc2cc(Br)c(OC)c(OC)c2)cc1. The minimum atomic E-state index is -0.378. The average Bonchev–Trinajstić information content (AvgIpc) is 2.66. The van der Waals surface area contributed by atoms with Crippen LogP contribution in [0.25, 0.3) is 0 Å². The van der Waals surface area contributed by atoms with Crippen molar-refractivity contribution < 1.29 is 23.7 Å². The molecule has 0 heterocycles. The topological polar surface area (TPSA) is 78.4 Å². The number of carbonyl (C=O) groups excluding carboxylic acids is 1. The molecule has 7 nitrogen and oxygen atoms in total. The first-order valence-corrected chi connectivity index (χ1v) is 8.37. The summed E-state index contributed by atoms with van der Waals surface area (Å²) in [5.41, 5.74) is 3.13. The predicted molar refractivity (Wildman–Crippen MR) is 101 cm³/mol. The van der Waals surface area contributed by atoms with Crippen molar-refractivity contribution in [3.8, 4) is 23.0 Å². The highest BCUT2D eigenvalue weighted by molar-refractivity contribution is 9.10. The Bertz CT molecular complexity index is 778. The molecule has 138 valence electrons. The van der Waals surface area contributed by atoms with Crippen molar-refractivity contribution in [2.45, 2.75) is 0 Å². The van der Waals surface area contributed by atoms with Gasteiger partial charge in [-0.1, -0.05) is 0 Å². The standard InChI is InChI=1S/C18H19BrN2O5/c1-23-13-4-6-14(7-5-13)26-11-17(22)21-20-10-12-8-15(19)18(25-3)16(9-12)24-2/h4-10H,11H2,1-3H3,(H,21,22). The average molecular weight is 423 g/mol. The number of hydrogen-bond donors (Lipinski definition) is 1. The van der Waals surface area contributed by atoms with Crippen molar-refractivity contribution in [1.82, 2.24) is 5.43 Å². The van der Waals surface area contributed by atoms with Crippen LogP contribution in [0.3, 0.4) is 0 Å². The zero-order valence-corrected chi connectivity index (χ0v) is 16.2. The van der Waals surface area contributed by atoms with Crippen LogP contribution in [0.1, 0.15) is 5.56 Å². The normalized spacial score (nSPS) is 10.5. The van der Waals surface area contributed by atoms with Gasteiger partial charge in [0, 0.05) is 0 Å². The number of hydrogen-bond acceptors (Lipinski definition) is 6. The monoisotopic (exact) mass is 422 g/mol. The molecule has 0 aromatic heterocycles. The molecule has 0 fully saturated rings. The minimum absolute atomic E-state index is 0.153. The van der Waals surface area contributed by atoms with Crippen LogP contribution in [-0.2, 0) is 4.79 Å². The maximum Gasteiger partial charge on any atom is 0.277 e. The number of hydrazone groups is 1. The quantitative estimate of drug-likeness (QED) is 0.522. The van der Waals surface area contributed by atoms with E-state index < -0.39 is 0 Å². The maximum atomic E-state index is 11.8. The van der Waals surface area contributed by atoms with Crippen LogP contribution in [-0.4, -0.2) is 40.1 Å². The number of ether oxygens (including phenoxy) is 4. The zero-order chi connectivity index (χ0) is 18.9. The Morgan fingerprint density at radius 1 is 1.08 bits per heavy atom. The van der Waals surface area contributed by atoms with E-state index in [0.29, 0.717) is 23.0 Å². The summed E-state index contributed by atoms with van der Waals surface area (Å²) in [5, 5.41) is 3.91. The highest BCUT2D eigenvalue weighted by atomic mass is 79.9. The Balaban J connectivity index is 1.89. The molecule has 1 amide bonds. The van der Waals surface area contributed by atoms with E-state index in [-0.39, 0.29) is 12.5 Å². The third-order valence-corrected chi connectivity index (χ3v) is 3.88. The molecule has 0 spiro atoms. The summed E-state index contributed by atoms with van der Waals surface area (Å²) < 4.78 is 21.6. The highest BCUT2D eigenvalue weighted by Crippen LogP contribution is 2.35. The Morgan fingerprint density at radius 2 is 1.77 bits per heavy atom. The van der Waals surface area contributed by atoms with E-state index in [9.17, 15) is 4.79 Å². The van der Waals surface area contributed by atoms with Crippen LogP contribution >= 0.6 is 15.9 Å². The molecule has 0 atom stereocenters. The third kappa shape index (κ3) is 5.38. The number of nitrogens with one attached hydrogen (secondary N) is 1. The molecule has 0 saturated heterocycles. The molecule has 0 bridgehead atoms. The second-order valence-electron chi connectivity index (χ2n) is 5.00. The van der Waals surface area contributed by atoms with E-state index in [1.165, 1.54) is 6.21 Å². The first-order valence-electron chi connectivity index (χ1n) is 7.57. The van der Waals surface area contributed by atoms with Crippen LogP contribution in [0, 0.1) is 0 Å². The smallest absolute Gasteiger partial charge is 0.277 e. The van der Waals surface area contributed by atoms with Gasteiger partial charge in [-0.3, -0.25) is 4.79 Å². The van der Waals surface area contributed by atoms with Crippen LogP contribution in [0.4, 0.5) is 0 Å². The lowest BCUT2D eigenvalue weighted by molar-refractivity contribution is -0.123. The van der Waals surface area contributed by atoms with Crippen LogP contribution in [0.5, 0.6) is 23.0 Å². The van der Waals surface area contributed by atoms with Crippen LogP contribution in [0.15, 0.2) is 46.0 Å². The first-order chi connectivity index (χ1) is 12.6. The summed E-state index contributed by atoms with van der Waals surface area (Å²) in [6.45, 7) is -0.153. The van der Waals surface area contributed by atoms with Crippen molar-refractivity contribution in [1.29, 1.82) is 0 Å². The van der Waals surface area contributed by atoms with Crippen molar-refractivity contribution in [2.75, 3.05) is 27.9 Å². The fraction of sp³-hybridized carbons (Fsp3) is 0.222. The lowest BCUT2D eigenvalue weighted by Crippen LogP contribution is -2.24. The van der Waals surface area contributed by atoms with Crippen molar-refractivity contribution >= 4 is 28.1 Å². The van der Waals surface area contributed by atoms with Gasteiger partial charge in [0.15, 0.2) is 18.1 Å². The fourth-order valence-electron chi connectivity index (χ4n) is 2.04. The molecule has 8 heteroatoms. The number of carbonyl (C=O) groups is 1. The predicted octanol–water partition coefficient (Wildman–Crippen LogP) is 3.00. The van der Waals surface area contributed by atoms with Gasteiger partial charge in [-0.25, -0.2) is 5.43 Å². The molecule has 1 N–H and O–H groups in total. The summed E-state index contributed by atoms with van der Waals surface area (Å²) >= 11 is 3.40. The number of nitrogens with zero attached hydrogens (tertiary/aromatic N) is 1. The minimum Gasteiger partial charge on any atom is -0.497 e. The van der Waals surface area contributed by atoms with E-state index in [1.807, 2.05) is 0 Å². The fourth-order valence-corrected chi connectivity index (χ4v) is 2.67. The van der Waals surface area contributed by atoms with Crippen LogP contribution < -0.4 is 24.4 Å². The van der Waals surface area contributed by atoms with Gasteiger partial charge in [-0.15, -0.1) is 0 Å². The molecule has 0 saturated carbocycles. The molecule has 2 rings (SSSR count). The molecule has 0 radical (unpaired) electrons. The second-order valence-corrected chi connectivity index (χ2v) is 5.85. The molecular weight excluding hydrogens is 404 g/mol. The van der Waals surface area contributed by atoms with E-state index in [2.05, 4.69) is 26.5 Å². The van der Waals surface area contributed by atoms with E-state index in [4.69, 9.17) is 18.9 Å². The summed E-state index contributed by atoms with van der Waals surface area (Å²) in [6, 6.07) is 10.5. The van der Waals surface area contributed by atoms with Gasteiger partial charge in [-0.2, -0.15) is 5.10 Å². The molecule has 2 aromatic rings.